The van der Waals surface area contributed by atoms with E-state index in [0.29, 0.717) is 16.3 Å². The van der Waals surface area contributed by atoms with Crippen LogP contribution >= 0.6 is 11.6 Å². The molecule has 0 saturated carbocycles. The second-order valence-electron chi connectivity index (χ2n) is 6.27. The average molecular weight is 441 g/mol. The lowest BCUT2D eigenvalue weighted by Crippen LogP contribution is -2.41. The smallest absolute Gasteiger partial charge is 0.339 e. The summed E-state index contributed by atoms with van der Waals surface area (Å²) in [6.45, 7) is -0.609. The number of furan rings is 1. The molecule has 8 nitrogen and oxygen atoms in total. The summed E-state index contributed by atoms with van der Waals surface area (Å²) in [6.07, 6.45) is 1.45. The van der Waals surface area contributed by atoms with Crippen molar-refractivity contribution < 1.29 is 28.3 Å². The van der Waals surface area contributed by atoms with E-state index >= 15 is 0 Å². The number of ketones is 1. The maximum absolute atomic E-state index is 12.7. The average Bonchev–Trinajstić information content (AvgIpc) is 3.30. The van der Waals surface area contributed by atoms with Crippen LogP contribution < -0.4 is 10.6 Å². The molecule has 0 fully saturated rings. The fourth-order valence-corrected chi connectivity index (χ4v) is 2.74. The van der Waals surface area contributed by atoms with Crippen LogP contribution in [-0.2, 0) is 16.1 Å². The number of halogens is 1. The van der Waals surface area contributed by atoms with Crippen molar-refractivity contribution in [1.82, 2.24) is 10.6 Å². The summed E-state index contributed by atoms with van der Waals surface area (Å²) in [5.74, 6) is -1.59. The molecule has 3 rings (SSSR count). The van der Waals surface area contributed by atoms with E-state index in [9.17, 15) is 19.2 Å². The van der Waals surface area contributed by atoms with Gasteiger partial charge in [0.15, 0.2) is 12.4 Å². The number of ether oxygens (including phenoxy) is 1. The molecule has 0 saturated heterocycles. The minimum Gasteiger partial charge on any atom is -0.467 e. The van der Waals surface area contributed by atoms with Gasteiger partial charge in [0, 0.05) is 16.1 Å². The predicted octanol–water partition coefficient (Wildman–Crippen LogP) is 3.35. The molecule has 1 heterocycles. The van der Waals surface area contributed by atoms with Gasteiger partial charge in [0.2, 0.25) is 0 Å². The van der Waals surface area contributed by atoms with Crippen molar-refractivity contribution in [3.8, 4) is 0 Å². The van der Waals surface area contributed by atoms with Gasteiger partial charge in [0.1, 0.15) is 5.76 Å². The monoisotopic (exact) mass is 440 g/mol. The fourth-order valence-electron chi connectivity index (χ4n) is 2.61. The Hall–Kier alpha value is -3.91. The van der Waals surface area contributed by atoms with Crippen LogP contribution in [0.5, 0.6) is 0 Å². The summed E-state index contributed by atoms with van der Waals surface area (Å²) in [6, 6.07) is 14.8. The molecule has 3 amide bonds. The SMILES string of the molecule is O=C(COC(=O)c1ccccc1C(=O)c1ccc(Cl)cc1)NC(=O)NCc1ccco1. The Labute approximate surface area is 182 Å². The van der Waals surface area contributed by atoms with Crippen molar-refractivity contribution in [3.05, 3.63) is 94.4 Å². The lowest BCUT2D eigenvalue weighted by molar-refractivity contribution is -0.123. The number of benzene rings is 2. The molecule has 2 aromatic carbocycles. The van der Waals surface area contributed by atoms with Crippen LogP contribution in [0.3, 0.4) is 0 Å². The zero-order valence-corrected chi connectivity index (χ0v) is 16.8. The zero-order chi connectivity index (χ0) is 22.2. The molecular formula is C22H17ClN2O6. The highest BCUT2D eigenvalue weighted by molar-refractivity contribution is 6.30. The van der Waals surface area contributed by atoms with Crippen molar-refractivity contribution in [2.75, 3.05) is 6.61 Å². The maximum Gasteiger partial charge on any atom is 0.339 e. The first kappa shape index (κ1) is 21.8. The molecule has 3 aromatic rings. The van der Waals surface area contributed by atoms with E-state index in [0.717, 1.165) is 0 Å². The van der Waals surface area contributed by atoms with E-state index in [4.69, 9.17) is 20.8 Å². The summed E-state index contributed by atoms with van der Waals surface area (Å²) in [5.41, 5.74) is 0.458. The van der Waals surface area contributed by atoms with Crippen molar-refractivity contribution in [3.63, 3.8) is 0 Å². The van der Waals surface area contributed by atoms with E-state index < -0.39 is 30.3 Å². The molecule has 0 aliphatic heterocycles. The quantitative estimate of drug-likeness (QED) is 0.430. The summed E-state index contributed by atoms with van der Waals surface area (Å²) in [7, 11) is 0. The molecule has 158 valence electrons. The molecule has 0 aliphatic rings. The van der Waals surface area contributed by atoms with Gasteiger partial charge in [0.05, 0.1) is 18.4 Å². The van der Waals surface area contributed by atoms with Crippen LogP contribution in [0.15, 0.2) is 71.3 Å². The number of hydrogen-bond donors (Lipinski definition) is 2. The highest BCUT2D eigenvalue weighted by Crippen LogP contribution is 2.17. The van der Waals surface area contributed by atoms with Crippen LogP contribution in [0.25, 0.3) is 0 Å². The lowest BCUT2D eigenvalue weighted by Gasteiger charge is -2.10. The number of amides is 3. The molecule has 0 radical (unpaired) electrons. The van der Waals surface area contributed by atoms with Crippen LogP contribution in [0.2, 0.25) is 5.02 Å². The lowest BCUT2D eigenvalue weighted by atomic mass is 9.98. The molecule has 2 N–H and O–H groups in total. The van der Waals surface area contributed by atoms with Gasteiger partial charge < -0.3 is 14.5 Å². The van der Waals surface area contributed by atoms with E-state index in [1.807, 2.05) is 5.32 Å². The van der Waals surface area contributed by atoms with Gasteiger partial charge in [-0.2, -0.15) is 0 Å². The Kier molecular flexibility index (Phi) is 7.18. The minimum absolute atomic E-state index is 0.00230. The third-order valence-corrected chi connectivity index (χ3v) is 4.34. The number of esters is 1. The molecular weight excluding hydrogens is 424 g/mol. The highest BCUT2D eigenvalue weighted by Gasteiger charge is 2.20. The molecule has 9 heteroatoms. The van der Waals surface area contributed by atoms with Crippen LogP contribution in [-0.4, -0.2) is 30.3 Å². The number of rotatable bonds is 7. The summed E-state index contributed by atoms with van der Waals surface area (Å²) < 4.78 is 10.0. The number of imide groups is 1. The van der Waals surface area contributed by atoms with Crippen molar-refractivity contribution >= 4 is 35.3 Å². The topological polar surface area (TPSA) is 115 Å². The maximum atomic E-state index is 12.7. The summed E-state index contributed by atoms with van der Waals surface area (Å²) >= 11 is 5.84. The van der Waals surface area contributed by atoms with Crippen molar-refractivity contribution in [2.24, 2.45) is 0 Å². The first-order chi connectivity index (χ1) is 14.9. The summed E-state index contributed by atoms with van der Waals surface area (Å²) in [4.78, 5) is 48.8. The van der Waals surface area contributed by atoms with Gasteiger partial charge in [-0.1, -0.05) is 29.8 Å². The minimum atomic E-state index is -0.871. The Morgan fingerprint density at radius 1 is 0.903 bits per heavy atom. The van der Waals surface area contributed by atoms with E-state index in [1.54, 1.807) is 48.5 Å². The van der Waals surface area contributed by atoms with Crippen molar-refractivity contribution in [1.29, 1.82) is 0 Å². The van der Waals surface area contributed by atoms with Gasteiger partial charge >= 0.3 is 12.0 Å². The Morgan fingerprint density at radius 2 is 1.61 bits per heavy atom. The Balaban J connectivity index is 1.56. The first-order valence-corrected chi connectivity index (χ1v) is 9.48. The summed E-state index contributed by atoms with van der Waals surface area (Å²) in [5, 5.41) is 4.93. The number of nitrogens with one attached hydrogen (secondary N) is 2. The standard InChI is InChI=1S/C22H17ClN2O6/c23-15-9-7-14(8-10-15)20(27)17-5-1-2-6-18(17)21(28)31-13-19(26)25-22(29)24-12-16-4-3-11-30-16/h1-11H,12-13H2,(H2,24,25,26,29). The van der Waals surface area contributed by atoms with Crippen LogP contribution in [0.4, 0.5) is 4.79 Å². The number of carbonyl (C=O) groups is 4. The second-order valence-corrected chi connectivity index (χ2v) is 6.70. The molecule has 0 unspecified atom stereocenters. The van der Waals surface area contributed by atoms with E-state index in [-0.39, 0.29) is 17.7 Å². The fraction of sp³-hybridized carbons (Fsp3) is 0.0909. The molecule has 31 heavy (non-hydrogen) atoms. The van der Waals surface area contributed by atoms with E-state index in [2.05, 4.69) is 5.32 Å². The van der Waals surface area contributed by atoms with Crippen molar-refractivity contribution in [2.45, 2.75) is 6.54 Å². The highest BCUT2D eigenvalue weighted by atomic mass is 35.5. The number of hydrogen-bond acceptors (Lipinski definition) is 6. The normalized spacial score (nSPS) is 10.2. The molecule has 0 aliphatic carbocycles. The van der Waals surface area contributed by atoms with Crippen LogP contribution in [0.1, 0.15) is 32.0 Å². The molecule has 0 spiro atoms. The number of carbonyl (C=O) groups excluding carboxylic acids is 4. The van der Waals surface area contributed by atoms with Crippen LogP contribution in [0, 0.1) is 0 Å². The molecule has 0 bridgehead atoms. The van der Waals surface area contributed by atoms with Gasteiger partial charge in [0.25, 0.3) is 5.91 Å². The van der Waals surface area contributed by atoms with E-state index in [1.165, 1.54) is 18.4 Å². The van der Waals surface area contributed by atoms with Gasteiger partial charge in [-0.15, -0.1) is 0 Å². The Bertz CT molecular complexity index is 1090. The third-order valence-electron chi connectivity index (χ3n) is 4.09. The predicted molar refractivity (Wildman–Crippen MR) is 111 cm³/mol. The second kappa shape index (κ2) is 10.2. The van der Waals surface area contributed by atoms with Gasteiger partial charge in [-0.05, 0) is 42.5 Å². The first-order valence-electron chi connectivity index (χ1n) is 9.10. The Morgan fingerprint density at radius 3 is 2.29 bits per heavy atom. The largest absolute Gasteiger partial charge is 0.467 e. The van der Waals surface area contributed by atoms with Gasteiger partial charge in [-0.25, -0.2) is 9.59 Å². The zero-order valence-electron chi connectivity index (χ0n) is 16.1. The molecule has 1 aromatic heterocycles. The number of urea groups is 1. The third kappa shape index (κ3) is 6.03. The van der Waals surface area contributed by atoms with Gasteiger partial charge in [-0.3, -0.25) is 14.9 Å². The molecule has 0 atom stereocenters.